The highest BCUT2D eigenvalue weighted by molar-refractivity contribution is 6.31. The number of nitrogens with zero attached hydrogens (tertiary/aromatic N) is 1. The molecule has 176 valence electrons. The predicted octanol–water partition coefficient (Wildman–Crippen LogP) is 2.37. The maximum atomic E-state index is 13.5. The summed E-state index contributed by atoms with van der Waals surface area (Å²) in [5.74, 6) is -7.64. The van der Waals surface area contributed by atoms with E-state index in [0.29, 0.717) is 5.69 Å². The molecular formula is C27H15NO8. The van der Waals surface area contributed by atoms with Crippen molar-refractivity contribution in [2.24, 2.45) is 11.8 Å². The summed E-state index contributed by atoms with van der Waals surface area (Å²) in [4.78, 5) is 67.5. The molecule has 3 aliphatic heterocycles. The number of phenolic OH excluding ortho intramolecular Hbond substituents is 2. The highest BCUT2D eigenvalue weighted by Crippen LogP contribution is 2.60. The van der Waals surface area contributed by atoms with Crippen molar-refractivity contribution < 1.29 is 38.9 Å². The molecular weight excluding hydrogens is 466 g/mol. The van der Waals surface area contributed by atoms with Gasteiger partial charge in [-0.2, -0.15) is 0 Å². The van der Waals surface area contributed by atoms with Gasteiger partial charge in [0.2, 0.25) is 17.6 Å². The lowest BCUT2D eigenvalue weighted by molar-refractivity contribution is -0.172. The molecule has 3 heterocycles. The van der Waals surface area contributed by atoms with Crippen LogP contribution in [0.25, 0.3) is 0 Å². The van der Waals surface area contributed by atoms with Crippen LogP contribution in [-0.2, 0) is 19.1 Å². The minimum atomic E-state index is -1.31. The normalized spacial score (nSPS) is 25.3. The van der Waals surface area contributed by atoms with Gasteiger partial charge in [0.1, 0.15) is 17.6 Å². The number of hydrogen-bond acceptors (Lipinski definition) is 8. The van der Waals surface area contributed by atoms with Crippen molar-refractivity contribution in [1.29, 1.82) is 0 Å². The van der Waals surface area contributed by atoms with Crippen LogP contribution < -0.4 is 4.90 Å². The first-order valence-corrected chi connectivity index (χ1v) is 11.3. The van der Waals surface area contributed by atoms with E-state index in [-0.39, 0.29) is 33.4 Å². The third-order valence-electron chi connectivity index (χ3n) is 7.57. The van der Waals surface area contributed by atoms with Gasteiger partial charge in [-0.1, -0.05) is 30.3 Å². The molecule has 9 nitrogen and oxygen atoms in total. The number of carbonyl (C=O) groups is 5. The smallest absolute Gasteiger partial charge is 0.314 e. The number of carbonyl (C=O) groups excluding carboxylic acids is 5. The molecule has 0 unspecified atom stereocenters. The molecule has 0 radical (unpaired) electrons. The zero-order valence-electron chi connectivity index (χ0n) is 18.3. The number of aromatic hydroxyl groups is 2. The summed E-state index contributed by atoms with van der Waals surface area (Å²) < 4.78 is 5.51. The topological polar surface area (TPSA) is 138 Å². The number of fused-ring (bicyclic) bond motifs is 3. The number of amides is 2. The van der Waals surface area contributed by atoms with Gasteiger partial charge < -0.3 is 14.9 Å². The summed E-state index contributed by atoms with van der Waals surface area (Å²) in [6.07, 6.45) is -1.31. The van der Waals surface area contributed by atoms with Gasteiger partial charge in [0.05, 0.1) is 34.6 Å². The van der Waals surface area contributed by atoms with Crippen LogP contribution in [0.5, 0.6) is 11.5 Å². The molecule has 0 spiro atoms. The Hall–Kier alpha value is -4.79. The highest BCUT2D eigenvalue weighted by atomic mass is 16.5. The van der Waals surface area contributed by atoms with Crippen molar-refractivity contribution >= 4 is 35.0 Å². The molecule has 9 heteroatoms. The monoisotopic (exact) mass is 481 g/mol. The molecule has 0 saturated carbocycles. The van der Waals surface area contributed by atoms with Gasteiger partial charge in [-0.25, -0.2) is 4.90 Å². The fourth-order valence-electron chi connectivity index (χ4n) is 6.10. The fraction of sp³-hybridized carbons (Fsp3) is 0.148. The first-order valence-electron chi connectivity index (χ1n) is 11.3. The van der Waals surface area contributed by atoms with Gasteiger partial charge >= 0.3 is 5.97 Å². The molecule has 2 saturated heterocycles. The standard InChI is InChI=1S/C27H15NO8/c29-14-8-4-7-11-15(14)22(31)17-13(21(11)30)9-12-16-19-20(24(36-27(16)35)18(12)23(17)32)26(34)28(25(19)33)10-5-2-1-3-6-10/h1-9,16,19-20,24,29,32H/t16-,19+,20+,24+/m1/s1. The Morgan fingerprint density at radius 3 is 2.22 bits per heavy atom. The van der Waals surface area contributed by atoms with E-state index in [1.54, 1.807) is 30.3 Å². The Morgan fingerprint density at radius 1 is 0.750 bits per heavy atom. The lowest BCUT2D eigenvalue weighted by Gasteiger charge is -2.43. The van der Waals surface area contributed by atoms with Gasteiger partial charge in [0, 0.05) is 16.7 Å². The molecule has 4 atom stereocenters. The van der Waals surface area contributed by atoms with Crippen LogP contribution >= 0.6 is 0 Å². The van der Waals surface area contributed by atoms with Crippen molar-refractivity contribution in [1.82, 2.24) is 0 Å². The van der Waals surface area contributed by atoms with Crippen molar-refractivity contribution in [3.8, 4) is 11.5 Å². The molecule has 5 aliphatic rings. The summed E-state index contributed by atoms with van der Waals surface area (Å²) in [5.41, 5.74) is -0.158. The second-order valence-electron chi connectivity index (χ2n) is 9.24. The largest absolute Gasteiger partial charge is 0.507 e. The van der Waals surface area contributed by atoms with E-state index in [1.165, 1.54) is 24.3 Å². The summed E-state index contributed by atoms with van der Waals surface area (Å²) in [6.45, 7) is 0. The number of para-hydroxylation sites is 1. The van der Waals surface area contributed by atoms with Gasteiger partial charge in [-0.15, -0.1) is 0 Å². The first kappa shape index (κ1) is 20.6. The number of hydrogen-bond donors (Lipinski definition) is 2. The fourth-order valence-corrected chi connectivity index (χ4v) is 6.10. The van der Waals surface area contributed by atoms with E-state index in [1.807, 2.05) is 0 Å². The molecule has 2 aliphatic carbocycles. The Balaban J connectivity index is 1.44. The molecule has 8 rings (SSSR count). The second kappa shape index (κ2) is 6.66. The van der Waals surface area contributed by atoms with Crippen LogP contribution in [0.3, 0.4) is 0 Å². The molecule has 0 aromatic heterocycles. The summed E-state index contributed by atoms with van der Waals surface area (Å²) in [6, 6.07) is 13.7. The van der Waals surface area contributed by atoms with E-state index < -0.39 is 64.7 Å². The lowest BCUT2D eigenvalue weighted by atomic mass is 9.64. The van der Waals surface area contributed by atoms with Crippen molar-refractivity contribution in [2.45, 2.75) is 12.0 Å². The molecule has 2 bridgehead atoms. The first-order chi connectivity index (χ1) is 17.3. The Bertz CT molecular complexity index is 1610. The molecule has 2 N–H and O–H groups in total. The SMILES string of the molecule is O=C1c2cccc(O)c2C(=O)c2c1cc1c(c2O)[C@@H]2OC(=O)[C@H]1[C@@H]1C(=O)N(c3ccccc3)C(=O)[C@@H]12. The minimum Gasteiger partial charge on any atom is -0.507 e. The van der Waals surface area contributed by atoms with Gasteiger partial charge in [0.25, 0.3) is 0 Å². The van der Waals surface area contributed by atoms with Crippen molar-refractivity contribution in [3.63, 3.8) is 0 Å². The minimum absolute atomic E-state index is 0.0318. The maximum Gasteiger partial charge on any atom is 0.314 e. The van der Waals surface area contributed by atoms with Gasteiger partial charge in [-0.3, -0.25) is 24.0 Å². The van der Waals surface area contributed by atoms with Crippen LogP contribution in [0.4, 0.5) is 5.69 Å². The van der Waals surface area contributed by atoms with E-state index in [0.717, 1.165) is 4.90 Å². The zero-order valence-corrected chi connectivity index (χ0v) is 18.3. The Kier molecular flexibility index (Phi) is 3.81. The number of ether oxygens (including phenoxy) is 1. The number of phenols is 2. The molecule has 3 aromatic carbocycles. The number of ketones is 2. The van der Waals surface area contributed by atoms with Gasteiger partial charge in [-0.05, 0) is 29.8 Å². The molecule has 3 aromatic rings. The number of esters is 1. The lowest BCUT2D eigenvalue weighted by Crippen LogP contribution is -2.47. The van der Waals surface area contributed by atoms with Crippen LogP contribution in [-0.4, -0.2) is 39.6 Å². The predicted molar refractivity (Wildman–Crippen MR) is 121 cm³/mol. The molecule has 2 amide bonds. The summed E-state index contributed by atoms with van der Waals surface area (Å²) in [5, 5.41) is 21.5. The molecule has 36 heavy (non-hydrogen) atoms. The van der Waals surface area contributed by atoms with Gasteiger partial charge in [0.15, 0.2) is 5.78 Å². The number of benzene rings is 3. The molecule has 2 fully saturated rings. The van der Waals surface area contributed by atoms with Crippen LogP contribution in [0.2, 0.25) is 0 Å². The number of anilines is 1. The van der Waals surface area contributed by atoms with Crippen LogP contribution in [0, 0.1) is 11.8 Å². The van der Waals surface area contributed by atoms with Crippen molar-refractivity contribution in [3.05, 3.63) is 88.0 Å². The number of rotatable bonds is 1. The third kappa shape index (κ3) is 2.27. The van der Waals surface area contributed by atoms with E-state index in [4.69, 9.17) is 4.74 Å². The van der Waals surface area contributed by atoms with E-state index in [2.05, 4.69) is 0 Å². The quantitative estimate of drug-likeness (QED) is 0.312. The maximum absolute atomic E-state index is 13.5. The Labute approximate surface area is 202 Å². The second-order valence-corrected chi connectivity index (χ2v) is 9.24. The Morgan fingerprint density at radius 2 is 1.47 bits per heavy atom. The van der Waals surface area contributed by atoms with Crippen LogP contribution in [0.15, 0.2) is 54.6 Å². The average Bonchev–Trinajstić information content (AvgIpc) is 3.13. The third-order valence-corrected chi connectivity index (χ3v) is 7.57. The van der Waals surface area contributed by atoms with Crippen LogP contribution in [0.1, 0.15) is 55.0 Å². The zero-order chi connectivity index (χ0) is 25.0. The average molecular weight is 481 g/mol. The summed E-state index contributed by atoms with van der Waals surface area (Å²) >= 11 is 0. The summed E-state index contributed by atoms with van der Waals surface area (Å²) in [7, 11) is 0. The van der Waals surface area contributed by atoms with E-state index in [9.17, 15) is 34.2 Å². The van der Waals surface area contributed by atoms with E-state index >= 15 is 0 Å². The van der Waals surface area contributed by atoms with Crippen molar-refractivity contribution in [2.75, 3.05) is 4.90 Å². The number of imide groups is 1. The highest BCUT2D eigenvalue weighted by Gasteiger charge is 2.65.